The molecule has 0 heterocycles. The summed E-state index contributed by atoms with van der Waals surface area (Å²) >= 11 is 3.50. The van der Waals surface area contributed by atoms with Crippen LogP contribution in [0.1, 0.15) is 16.7 Å². The van der Waals surface area contributed by atoms with Crippen molar-refractivity contribution >= 4 is 21.6 Å². The van der Waals surface area contributed by atoms with Crippen molar-refractivity contribution in [2.24, 2.45) is 0 Å². The van der Waals surface area contributed by atoms with Crippen LogP contribution in [0.5, 0.6) is 11.5 Å². The van der Waals surface area contributed by atoms with Gasteiger partial charge in [-0.05, 0) is 54.8 Å². The monoisotopic (exact) mass is 335 g/mol. The molecule has 0 bridgehead atoms. The third kappa shape index (κ3) is 3.25. The highest BCUT2D eigenvalue weighted by atomic mass is 79.9. The highest BCUT2D eigenvalue weighted by Gasteiger charge is 2.06. The average Bonchev–Trinajstić information content (AvgIpc) is 2.39. The molecule has 20 heavy (non-hydrogen) atoms. The molecule has 0 fully saturated rings. The third-order valence-electron chi connectivity index (χ3n) is 3.21. The number of anilines is 1. The molecule has 0 atom stereocenters. The number of rotatable bonds is 4. The molecule has 0 aliphatic heterocycles. The van der Waals surface area contributed by atoms with Crippen molar-refractivity contribution in [2.45, 2.75) is 20.4 Å². The number of hydrogen-bond donors (Lipinski definition) is 2. The summed E-state index contributed by atoms with van der Waals surface area (Å²) in [5.74, 6) is 0.654. The molecule has 0 aliphatic carbocycles. The Morgan fingerprint density at radius 1 is 1.15 bits per heavy atom. The van der Waals surface area contributed by atoms with Crippen LogP contribution in [0.4, 0.5) is 5.69 Å². The van der Waals surface area contributed by atoms with Crippen LogP contribution in [0.2, 0.25) is 0 Å². The first-order chi connectivity index (χ1) is 9.51. The lowest BCUT2D eigenvalue weighted by Gasteiger charge is -2.14. The minimum Gasteiger partial charge on any atom is -0.504 e. The first-order valence-corrected chi connectivity index (χ1v) is 7.17. The zero-order valence-electron chi connectivity index (χ0n) is 11.8. The summed E-state index contributed by atoms with van der Waals surface area (Å²) in [6, 6.07) is 9.55. The van der Waals surface area contributed by atoms with Crippen molar-refractivity contribution in [3.05, 3.63) is 51.5 Å². The van der Waals surface area contributed by atoms with Crippen LogP contribution in [-0.4, -0.2) is 12.2 Å². The Balaban J connectivity index is 2.17. The Kier molecular flexibility index (Phi) is 4.55. The largest absolute Gasteiger partial charge is 0.504 e. The molecule has 0 amide bonds. The number of phenols is 1. The Morgan fingerprint density at radius 3 is 2.40 bits per heavy atom. The number of phenolic OH excluding ortho intramolecular Hbond substituents is 1. The second kappa shape index (κ2) is 6.18. The van der Waals surface area contributed by atoms with E-state index in [1.807, 2.05) is 12.1 Å². The zero-order valence-corrected chi connectivity index (χ0v) is 13.4. The highest BCUT2D eigenvalue weighted by Crippen LogP contribution is 2.28. The van der Waals surface area contributed by atoms with Gasteiger partial charge in [0.2, 0.25) is 0 Å². The van der Waals surface area contributed by atoms with Crippen LogP contribution in [0.15, 0.2) is 34.8 Å². The number of aromatic hydroxyl groups is 1. The van der Waals surface area contributed by atoms with Crippen LogP contribution >= 0.6 is 15.9 Å². The van der Waals surface area contributed by atoms with Crippen LogP contribution in [0, 0.1) is 13.8 Å². The maximum atomic E-state index is 9.59. The van der Waals surface area contributed by atoms with E-state index in [4.69, 9.17) is 4.74 Å². The van der Waals surface area contributed by atoms with Crippen molar-refractivity contribution < 1.29 is 9.84 Å². The Labute approximate surface area is 127 Å². The van der Waals surface area contributed by atoms with Crippen LogP contribution in [0.3, 0.4) is 0 Å². The number of aryl methyl sites for hydroxylation is 2. The van der Waals surface area contributed by atoms with E-state index >= 15 is 0 Å². The molecule has 0 saturated heterocycles. The van der Waals surface area contributed by atoms with E-state index in [-0.39, 0.29) is 5.75 Å². The fraction of sp³-hybridized carbons (Fsp3) is 0.250. The summed E-state index contributed by atoms with van der Waals surface area (Å²) in [7, 11) is 1.55. The summed E-state index contributed by atoms with van der Waals surface area (Å²) in [5, 5.41) is 13.0. The molecule has 4 heteroatoms. The smallest absolute Gasteiger partial charge is 0.160 e. The maximum Gasteiger partial charge on any atom is 0.160 e. The van der Waals surface area contributed by atoms with Crippen molar-refractivity contribution in [3.63, 3.8) is 0 Å². The minimum absolute atomic E-state index is 0.159. The number of hydrogen-bond acceptors (Lipinski definition) is 3. The van der Waals surface area contributed by atoms with Gasteiger partial charge in [-0.1, -0.05) is 22.0 Å². The van der Waals surface area contributed by atoms with E-state index in [2.05, 4.69) is 47.2 Å². The Morgan fingerprint density at radius 2 is 1.80 bits per heavy atom. The van der Waals surface area contributed by atoms with Gasteiger partial charge < -0.3 is 15.2 Å². The molecule has 0 radical (unpaired) electrons. The lowest BCUT2D eigenvalue weighted by Crippen LogP contribution is -2.03. The predicted octanol–water partition coefficient (Wildman–Crippen LogP) is 4.39. The number of ether oxygens (including phenoxy) is 1. The maximum absolute atomic E-state index is 9.59. The van der Waals surface area contributed by atoms with E-state index < -0.39 is 0 Å². The molecule has 0 spiro atoms. The topological polar surface area (TPSA) is 41.5 Å². The summed E-state index contributed by atoms with van der Waals surface area (Å²) < 4.78 is 6.20. The predicted molar refractivity (Wildman–Crippen MR) is 85.6 cm³/mol. The van der Waals surface area contributed by atoms with Crippen molar-refractivity contribution in [1.29, 1.82) is 0 Å². The average molecular weight is 336 g/mol. The third-order valence-corrected chi connectivity index (χ3v) is 3.67. The van der Waals surface area contributed by atoms with Crippen molar-refractivity contribution in [2.75, 3.05) is 12.4 Å². The molecular weight excluding hydrogens is 318 g/mol. The molecule has 2 aromatic rings. The summed E-state index contributed by atoms with van der Waals surface area (Å²) in [4.78, 5) is 0. The Bertz CT molecular complexity index is 603. The Hall–Kier alpha value is -1.68. The van der Waals surface area contributed by atoms with Crippen molar-refractivity contribution in [1.82, 2.24) is 0 Å². The minimum atomic E-state index is 0.159. The van der Waals surface area contributed by atoms with Gasteiger partial charge in [0.05, 0.1) is 7.11 Å². The fourth-order valence-electron chi connectivity index (χ4n) is 2.21. The SMILES string of the molecule is COc1cc(CNc2c(C)cc(Br)cc2C)ccc1O. The van der Waals surface area contributed by atoms with E-state index in [1.165, 1.54) is 11.1 Å². The van der Waals surface area contributed by atoms with Gasteiger partial charge in [-0.3, -0.25) is 0 Å². The van der Waals surface area contributed by atoms with Gasteiger partial charge in [-0.15, -0.1) is 0 Å². The molecule has 0 saturated carbocycles. The second-order valence-electron chi connectivity index (χ2n) is 4.77. The molecule has 0 unspecified atom stereocenters. The van der Waals surface area contributed by atoms with E-state index in [0.29, 0.717) is 12.3 Å². The van der Waals surface area contributed by atoms with Gasteiger partial charge in [-0.2, -0.15) is 0 Å². The fourth-order valence-corrected chi connectivity index (χ4v) is 2.90. The quantitative estimate of drug-likeness (QED) is 0.870. The van der Waals surface area contributed by atoms with Crippen LogP contribution in [0.25, 0.3) is 0 Å². The lowest BCUT2D eigenvalue weighted by atomic mass is 10.1. The normalized spacial score (nSPS) is 10.4. The van der Waals surface area contributed by atoms with Gasteiger partial charge in [0.25, 0.3) is 0 Å². The molecule has 2 rings (SSSR count). The van der Waals surface area contributed by atoms with Crippen molar-refractivity contribution in [3.8, 4) is 11.5 Å². The number of benzene rings is 2. The van der Waals surface area contributed by atoms with E-state index in [0.717, 1.165) is 15.7 Å². The van der Waals surface area contributed by atoms with Gasteiger partial charge in [0.15, 0.2) is 11.5 Å². The van der Waals surface area contributed by atoms with E-state index in [9.17, 15) is 5.11 Å². The van der Waals surface area contributed by atoms with Gasteiger partial charge in [0.1, 0.15) is 0 Å². The molecule has 106 valence electrons. The highest BCUT2D eigenvalue weighted by molar-refractivity contribution is 9.10. The summed E-state index contributed by atoms with van der Waals surface area (Å²) in [5.41, 5.74) is 4.59. The molecule has 3 nitrogen and oxygen atoms in total. The van der Waals surface area contributed by atoms with E-state index in [1.54, 1.807) is 13.2 Å². The molecule has 2 aromatic carbocycles. The lowest BCUT2D eigenvalue weighted by molar-refractivity contribution is 0.373. The molecule has 2 N–H and O–H groups in total. The van der Waals surface area contributed by atoms with Gasteiger partial charge >= 0.3 is 0 Å². The number of nitrogens with one attached hydrogen (secondary N) is 1. The summed E-state index contributed by atoms with van der Waals surface area (Å²) in [6.07, 6.45) is 0. The first kappa shape index (κ1) is 14.7. The summed E-state index contributed by atoms with van der Waals surface area (Å²) in [6.45, 7) is 4.84. The first-order valence-electron chi connectivity index (χ1n) is 6.37. The number of methoxy groups -OCH3 is 1. The molecular formula is C16H18BrNO2. The van der Waals surface area contributed by atoms with Crippen LogP contribution in [-0.2, 0) is 6.54 Å². The second-order valence-corrected chi connectivity index (χ2v) is 5.69. The zero-order chi connectivity index (χ0) is 14.7. The van der Waals surface area contributed by atoms with Crippen LogP contribution < -0.4 is 10.1 Å². The number of halogens is 1. The van der Waals surface area contributed by atoms with Gasteiger partial charge in [-0.25, -0.2) is 0 Å². The molecule has 0 aromatic heterocycles. The molecule has 0 aliphatic rings. The standard InChI is InChI=1S/C16H18BrNO2/c1-10-6-13(17)7-11(2)16(10)18-9-12-4-5-14(19)15(8-12)20-3/h4-8,18-19H,9H2,1-3H3. The van der Waals surface area contributed by atoms with Gasteiger partial charge in [0, 0.05) is 16.7 Å².